The summed E-state index contributed by atoms with van der Waals surface area (Å²) in [5.41, 5.74) is -0.614. The Kier molecular flexibility index (Phi) is 5.43. The Morgan fingerprint density at radius 2 is 2.47 bits per heavy atom. The number of esters is 1. The molecule has 2 N–H and O–H groups in total. The van der Waals surface area contributed by atoms with Crippen molar-refractivity contribution in [1.82, 2.24) is 20.5 Å². The van der Waals surface area contributed by atoms with Crippen molar-refractivity contribution >= 4 is 17.7 Å². The fourth-order valence-electron chi connectivity index (χ4n) is 1.41. The lowest BCUT2D eigenvalue weighted by molar-refractivity contribution is -0.148. The summed E-state index contributed by atoms with van der Waals surface area (Å²) in [5, 5.41) is 10.3. The van der Waals surface area contributed by atoms with Crippen molar-refractivity contribution in [3.8, 4) is 0 Å². The van der Waals surface area contributed by atoms with E-state index in [-0.39, 0.29) is 5.97 Å². The number of aromatic nitrogens is 3. The lowest BCUT2D eigenvalue weighted by atomic mass is 9.97. The van der Waals surface area contributed by atoms with Gasteiger partial charge in [-0.15, -0.1) is 0 Å². The number of aromatic amines is 1. The fourth-order valence-corrected chi connectivity index (χ4v) is 2.13. The van der Waals surface area contributed by atoms with Crippen LogP contribution in [0.3, 0.4) is 0 Å². The quantitative estimate of drug-likeness (QED) is 0.428. The molecule has 0 amide bonds. The van der Waals surface area contributed by atoms with Gasteiger partial charge in [0.05, 0.1) is 7.11 Å². The minimum Gasteiger partial charge on any atom is -0.468 e. The molecule has 0 saturated carbocycles. The van der Waals surface area contributed by atoms with Gasteiger partial charge in [0.25, 0.3) is 0 Å². The number of ether oxygens (including phenoxy) is 1. The molecule has 1 rings (SSSR count). The number of methoxy groups -OCH3 is 1. The molecular weight excluding hydrogens is 240 g/mol. The molecule has 7 heteroatoms. The number of carbonyl (C=O) groups excluding carboxylic acids is 1. The highest BCUT2D eigenvalue weighted by atomic mass is 32.2. The first-order chi connectivity index (χ1) is 8.12. The monoisotopic (exact) mass is 258 g/mol. The van der Waals surface area contributed by atoms with Crippen LogP contribution in [0.25, 0.3) is 0 Å². The van der Waals surface area contributed by atoms with Gasteiger partial charge in [-0.3, -0.25) is 9.89 Å². The minimum absolute atomic E-state index is 0.232. The van der Waals surface area contributed by atoms with Crippen LogP contribution in [0.15, 0.2) is 11.5 Å². The molecule has 0 bridgehead atoms. The first-order valence-corrected chi connectivity index (χ1v) is 6.36. The van der Waals surface area contributed by atoms with Crippen molar-refractivity contribution in [2.75, 3.05) is 19.9 Å². The van der Waals surface area contributed by atoms with Crippen molar-refractivity contribution in [3.63, 3.8) is 0 Å². The van der Waals surface area contributed by atoms with Crippen molar-refractivity contribution in [3.05, 3.63) is 6.33 Å². The first kappa shape index (κ1) is 14.0. The highest BCUT2D eigenvalue weighted by Crippen LogP contribution is 2.18. The molecule has 0 aliphatic rings. The van der Waals surface area contributed by atoms with E-state index in [0.29, 0.717) is 0 Å². The SMILES string of the molecule is CNC(C)(CCCSc1ncn[nH]1)C(=O)OC. The van der Waals surface area contributed by atoms with Crippen LogP contribution in [0.1, 0.15) is 19.8 Å². The molecule has 0 aliphatic heterocycles. The van der Waals surface area contributed by atoms with E-state index in [9.17, 15) is 4.79 Å². The van der Waals surface area contributed by atoms with Crippen LogP contribution in [0.2, 0.25) is 0 Å². The molecule has 0 saturated heterocycles. The number of thioether (sulfide) groups is 1. The van der Waals surface area contributed by atoms with Gasteiger partial charge in [0.2, 0.25) is 0 Å². The Bertz CT molecular complexity index is 344. The largest absolute Gasteiger partial charge is 0.468 e. The third kappa shape index (κ3) is 4.01. The molecule has 0 fully saturated rings. The van der Waals surface area contributed by atoms with Gasteiger partial charge < -0.3 is 10.1 Å². The third-order valence-corrected chi connectivity index (χ3v) is 3.60. The van der Waals surface area contributed by atoms with Crippen LogP contribution in [0.4, 0.5) is 0 Å². The maximum atomic E-state index is 11.6. The zero-order valence-electron chi connectivity index (χ0n) is 10.3. The van der Waals surface area contributed by atoms with E-state index >= 15 is 0 Å². The van der Waals surface area contributed by atoms with Crippen molar-refractivity contribution < 1.29 is 9.53 Å². The number of carbonyl (C=O) groups is 1. The summed E-state index contributed by atoms with van der Waals surface area (Å²) in [5.74, 6) is 0.647. The van der Waals surface area contributed by atoms with Gasteiger partial charge >= 0.3 is 5.97 Å². The van der Waals surface area contributed by atoms with Gasteiger partial charge in [0.15, 0.2) is 5.16 Å². The van der Waals surface area contributed by atoms with Gasteiger partial charge in [0.1, 0.15) is 11.9 Å². The number of rotatable bonds is 7. The Balaban J connectivity index is 2.31. The minimum atomic E-state index is -0.614. The standard InChI is InChI=1S/C10H18N4O2S/c1-10(11-2,8(15)16-3)5-4-6-17-9-12-7-13-14-9/h7,11H,4-6H2,1-3H3,(H,12,13,14). The molecular formula is C10H18N4O2S. The molecule has 0 aromatic carbocycles. The van der Waals surface area contributed by atoms with Gasteiger partial charge in [-0.05, 0) is 26.8 Å². The summed E-state index contributed by atoms with van der Waals surface area (Å²) in [6, 6.07) is 0. The third-order valence-electron chi connectivity index (χ3n) is 2.64. The summed E-state index contributed by atoms with van der Waals surface area (Å²) in [7, 11) is 3.17. The molecule has 6 nitrogen and oxygen atoms in total. The van der Waals surface area contributed by atoms with E-state index in [2.05, 4.69) is 20.5 Å². The molecule has 96 valence electrons. The highest BCUT2D eigenvalue weighted by molar-refractivity contribution is 7.99. The Morgan fingerprint density at radius 3 is 3.00 bits per heavy atom. The van der Waals surface area contributed by atoms with Gasteiger partial charge in [-0.1, -0.05) is 11.8 Å². The van der Waals surface area contributed by atoms with Crippen molar-refractivity contribution in [2.45, 2.75) is 30.5 Å². The molecule has 1 atom stereocenters. The maximum Gasteiger partial charge on any atom is 0.325 e. The van der Waals surface area contributed by atoms with Crippen LogP contribution >= 0.6 is 11.8 Å². The first-order valence-electron chi connectivity index (χ1n) is 5.38. The van der Waals surface area contributed by atoms with Crippen LogP contribution in [0, 0.1) is 0 Å². The second kappa shape index (κ2) is 6.61. The smallest absolute Gasteiger partial charge is 0.325 e. The van der Waals surface area contributed by atoms with E-state index < -0.39 is 5.54 Å². The lowest BCUT2D eigenvalue weighted by Gasteiger charge is -2.25. The topological polar surface area (TPSA) is 79.9 Å². The number of nitrogens with one attached hydrogen (secondary N) is 2. The Hall–Kier alpha value is -1.08. The molecule has 17 heavy (non-hydrogen) atoms. The molecule has 0 spiro atoms. The molecule has 1 heterocycles. The number of hydrogen-bond donors (Lipinski definition) is 2. The average Bonchev–Trinajstić information content (AvgIpc) is 2.86. The predicted octanol–water partition coefficient (Wildman–Crippen LogP) is 0.828. The highest BCUT2D eigenvalue weighted by Gasteiger charge is 2.31. The van der Waals surface area contributed by atoms with Crippen molar-refractivity contribution in [1.29, 1.82) is 0 Å². The van der Waals surface area contributed by atoms with E-state index in [0.717, 1.165) is 23.8 Å². The number of likely N-dealkylation sites (N-methyl/N-ethyl adjacent to an activating group) is 1. The number of H-pyrrole nitrogens is 1. The molecule has 1 unspecified atom stereocenters. The molecule has 0 aliphatic carbocycles. The van der Waals surface area contributed by atoms with E-state index in [1.165, 1.54) is 13.4 Å². The molecule has 0 radical (unpaired) electrons. The van der Waals surface area contributed by atoms with E-state index in [1.54, 1.807) is 18.8 Å². The van der Waals surface area contributed by atoms with Gasteiger partial charge in [-0.2, -0.15) is 5.10 Å². The Morgan fingerprint density at radius 1 is 1.71 bits per heavy atom. The van der Waals surface area contributed by atoms with Crippen LogP contribution in [0.5, 0.6) is 0 Å². The van der Waals surface area contributed by atoms with Gasteiger partial charge in [0, 0.05) is 5.75 Å². The summed E-state index contributed by atoms with van der Waals surface area (Å²) in [6.07, 6.45) is 3.09. The zero-order chi connectivity index (χ0) is 12.7. The van der Waals surface area contributed by atoms with Crippen LogP contribution < -0.4 is 5.32 Å². The molecule has 1 aromatic rings. The van der Waals surface area contributed by atoms with Crippen LogP contribution in [-0.2, 0) is 9.53 Å². The lowest BCUT2D eigenvalue weighted by Crippen LogP contribution is -2.48. The van der Waals surface area contributed by atoms with E-state index in [1.807, 2.05) is 6.92 Å². The van der Waals surface area contributed by atoms with Crippen molar-refractivity contribution in [2.24, 2.45) is 0 Å². The second-order valence-electron chi connectivity index (χ2n) is 3.82. The van der Waals surface area contributed by atoms with Crippen LogP contribution in [-0.4, -0.2) is 46.6 Å². The second-order valence-corrected chi connectivity index (χ2v) is 4.90. The average molecular weight is 258 g/mol. The Labute approximate surface area is 105 Å². The number of nitrogens with zero attached hydrogens (tertiary/aromatic N) is 2. The summed E-state index contributed by atoms with van der Waals surface area (Å²) in [4.78, 5) is 15.6. The van der Waals surface area contributed by atoms with E-state index in [4.69, 9.17) is 4.74 Å². The predicted molar refractivity (Wildman–Crippen MR) is 65.8 cm³/mol. The summed E-state index contributed by atoms with van der Waals surface area (Å²) < 4.78 is 4.77. The number of hydrogen-bond acceptors (Lipinski definition) is 6. The molecule has 1 aromatic heterocycles. The summed E-state index contributed by atoms with van der Waals surface area (Å²) in [6.45, 7) is 1.85. The maximum absolute atomic E-state index is 11.6. The summed E-state index contributed by atoms with van der Waals surface area (Å²) >= 11 is 1.59. The fraction of sp³-hybridized carbons (Fsp3) is 0.700. The normalized spacial score (nSPS) is 14.3. The zero-order valence-corrected chi connectivity index (χ0v) is 11.1. The van der Waals surface area contributed by atoms with Gasteiger partial charge in [-0.25, -0.2) is 4.98 Å².